The van der Waals surface area contributed by atoms with Crippen molar-refractivity contribution in [3.05, 3.63) is 28.2 Å². The molecule has 1 rings (SSSR count). The largest absolute Gasteiger partial charge is 0.348 e. The second-order valence-corrected chi connectivity index (χ2v) is 5.86. The van der Waals surface area contributed by atoms with Gasteiger partial charge in [-0.3, -0.25) is 9.59 Å². The molecule has 0 aliphatic heterocycles. The summed E-state index contributed by atoms with van der Waals surface area (Å²) >= 11 is 0. The van der Waals surface area contributed by atoms with Crippen LogP contribution in [0, 0.1) is 0 Å². The molecule has 0 saturated heterocycles. The van der Waals surface area contributed by atoms with E-state index in [2.05, 4.69) is 24.3 Å². The molecule has 1 aromatic heterocycles. The third-order valence-electron chi connectivity index (χ3n) is 3.69. The van der Waals surface area contributed by atoms with Gasteiger partial charge >= 0.3 is 0 Å². The van der Waals surface area contributed by atoms with Crippen LogP contribution in [0.5, 0.6) is 0 Å². The van der Waals surface area contributed by atoms with Crippen molar-refractivity contribution in [2.45, 2.75) is 78.3 Å². The molecular formula is C17H29N3O2. The van der Waals surface area contributed by atoms with Crippen LogP contribution < -0.4 is 10.9 Å². The van der Waals surface area contributed by atoms with Crippen molar-refractivity contribution in [1.82, 2.24) is 15.1 Å². The van der Waals surface area contributed by atoms with E-state index in [-0.39, 0.29) is 17.5 Å². The Labute approximate surface area is 133 Å². The number of carbonyl (C=O) groups is 1. The van der Waals surface area contributed by atoms with Crippen LogP contribution in [-0.4, -0.2) is 21.7 Å². The number of rotatable bonds is 10. The second-order valence-electron chi connectivity index (χ2n) is 5.86. The zero-order chi connectivity index (χ0) is 16.4. The maximum atomic E-state index is 12.2. The summed E-state index contributed by atoms with van der Waals surface area (Å²) in [5.74, 6) is -0.201. The van der Waals surface area contributed by atoms with Gasteiger partial charge in [0.25, 0.3) is 11.5 Å². The molecule has 0 aliphatic carbocycles. The van der Waals surface area contributed by atoms with Crippen molar-refractivity contribution in [3.8, 4) is 0 Å². The molecule has 1 amide bonds. The summed E-state index contributed by atoms with van der Waals surface area (Å²) in [5.41, 5.74) is 0.161. The number of amides is 1. The van der Waals surface area contributed by atoms with Crippen LogP contribution in [0.15, 0.2) is 16.9 Å². The van der Waals surface area contributed by atoms with Gasteiger partial charge in [0, 0.05) is 18.7 Å². The number of nitrogens with one attached hydrogen (secondary N) is 1. The molecule has 0 aromatic carbocycles. The van der Waals surface area contributed by atoms with Crippen molar-refractivity contribution in [2.24, 2.45) is 0 Å². The van der Waals surface area contributed by atoms with Crippen LogP contribution in [0.4, 0.5) is 0 Å². The number of nitrogens with zero attached hydrogens (tertiary/aromatic N) is 2. The minimum Gasteiger partial charge on any atom is -0.348 e. The predicted molar refractivity (Wildman–Crippen MR) is 89.1 cm³/mol. The average molecular weight is 307 g/mol. The summed E-state index contributed by atoms with van der Waals surface area (Å²) in [5, 5.41) is 7.12. The number of unbranched alkanes of at least 4 members (excludes halogenated alkanes) is 4. The standard InChI is InChI=1S/C17H29N3O2/c1-4-6-8-9-10-14(3)18-17(22)15-11-12-16(21)20(19-15)13-7-5-2/h11-12,14H,4-10,13H2,1-3H3,(H,18,22). The first kappa shape index (κ1) is 18.4. The molecule has 5 nitrogen and oxygen atoms in total. The maximum absolute atomic E-state index is 12.2. The molecule has 22 heavy (non-hydrogen) atoms. The summed E-state index contributed by atoms with van der Waals surface area (Å²) in [6.45, 7) is 6.81. The number of aryl methyl sites for hydroxylation is 1. The van der Waals surface area contributed by atoms with Crippen molar-refractivity contribution < 1.29 is 4.79 Å². The van der Waals surface area contributed by atoms with Crippen LogP contribution >= 0.6 is 0 Å². The highest BCUT2D eigenvalue weighted by molar-refractivity contribution is 5.92. The molecule has 1 N–H and O–H groups in total. The zero-order valence-corrected chi connectivity index (χ0v) is 14.1. The Balaban J connectivity index is 2.55. The molecular weight excluding hydrogens is 278 g/mol. The fraction of sp³-hybridized carbons (Fsp3) is 0.706. The number of carbonyl (C=O) groups excluding carboxylic acids is 1. The average Bonchev–Trinajstić information content (AvgIpc) is 2.50. The van der Waals surface area contributed by atoms with E-state index >= 15 is 0 Å². The van der Waals surface area contributed by atoms with E-state index in [9.17, 15) is 9.59 Å². The number of aromatic nitrogens is 2. The first-order valence-electron chi connectivity index (χ1n) is 8.47. The molecule has 0 radical (unpaired) electrons. The Bertz CT molecular complexity index is 511. The molecule has 1 heterocycles. The number of hydrogen-bond acceptors (Lipinski definition) is 3. The highest BCUT2D eigenvalue weighted by Gasteiger charge is 2.12. The van der Waals surface area contributed by atoms with Gasteiger partial charge in [-0.1, -0.05) is 46.0 Å². The highest BCUT2D eigenvalue weighted by atomic mass is 16.2. The topological polar surface area (TPSA) is 64.0 Å². The Morgan fingerprint density at radius 1 is 1.18 bits per heavy atom. The molecule has 0 fully saturated rings. The number of hydrogen-bond donors (Lipinski definition) is 1. The molecule has 0 bridgehead atoms. The van der Waals surface area contributed by atoms with Gasteiger partial charge in [-0.05, 0) is 25.8 Å². The lowest BCUT2D eigenvalue weighted by Crippen LogP contribution is -2.35. The van der Waals surface area contributed by atoms with Gasteiger partial charge in [0.15, 0.2) is 0 Å². The van der Waals surface area contributed by atoms with Gasteiger partial charge in [-0.25, -0.2) is 4.68 Å². The molecule has 0 spiro atoms. The third-order valence-corrected chi connectivity index (χ3v) is 3.69. The molecule has 0 aliphatic rings. The van der Waals surface area contributed by atoms with Crippen molar-refractivity contribution in [2.75, 3.05) is 0 Å². The van der Waals surface area contributed by atoms with E-state index in [4.69, 9.17) is 0 Å². The maximum Gasteiger partial charge on any atom is 0.271 e. The van der Waals surface area contributed by atoms with Crippen LogP contribution in [0.25, 0.3) is 0 Å². The van der Waals surface area contributed by atoms with E-state index in [0.717, 1.165) is 25.7 Å². The molecule has 124 valence electrons. The third kappa shape index (κ3) is 6.41. The second kappa shape index (κ2) is 10.1. The predicted octanol–water partition coefficient (Wildman–Crippen LogP) is 3.13. The van der Waals surface area contributed by atoms with E-state index < -0.39 is 0 Å². The summed E-state index contributed by atoms with van der Waals surface area (Å²) in [4.78, 5) is 23.9. The zero-order valence-electron chi connectivity index (χ0n) is 14.1. The lowest BCUT2D eigenvalue weighted by molar-refractivity contribution is 0.0930. The molecule has 0 saturated carbocycles. The van der Waals surface area contributed by atoms with Crippen molar-refractivity contribution in [3.63, 3.8) is 0 Å². The normalized spacial score (nSPS) is 12.1. The van der Waals surface area contributed by atoms with Crippen LogP contribution in [0.2, 0.25) is 0 Å². The quantitative estimate of drug-likeness (QED) is 0.675. The summed E-state index contributed by atoms with van der Waals surface area (Å²) in [6.07, 6.45) is 7.62. The molecule has 1 atom stereocenters. The monoisotopic (exact) mass is 307 g/mol. The van der Waals surface area contributed by atoms with Crippen molar-refractivity contribution in [1.29, 1.82) is 0 Å². The fourth-order valence-corrected chi connectivity index (χ4v) is 2.29. The van der Waals surface area contributed by atoms with Crippen LogP contribution in [-0.2, 0) is 6.54 Å². The highest BCUT2D eigenvalue weighted by Crippen LogP contribution is 2.06. The fourth-order valence-electron chi connectivity index (χ4n) is 2.29. The smallest absolute Gasteiger partial charge is 0.271 e. The summed E-state index contributed by atoms with van der Waals surface area (Å²) in [6, 6.07) is 3.05. The Morgan fingerprint density at radius 2 is 1.91 bits per heavy atom. The van der Waals surface area contributed by atoms with Crippen LogP contribution in [0.1, 0.15) is 76.2 Å². The Hall–Kier alpha value is -1.65. The van der Waals surface area contributed by atoms with E-state index in [1.807, 2.05) is 6.92 Å². The van der Waals surface area contributed by atoms with Gasteiger partial charge in [-0.15, -0.1) is 0 Å². The SMILES string of the molecule is CCCCCCC(C)NC(=O)c1ccc(=O)n(CCCC)n1. The summed E-state index contributed by atoms with van der Waals surface area (Å²) < 4.78 is 1.38. The van der Waals surface area contributed by atoms with Gasteiger partial charge in [-0.2, -0.15) is 5.10 Å². The van der Waals surface area contributed by atoms with Gasteiger partial charge < -0.3 is 5.32 Å². The van der Waals surface area contributed by atoms with Crippen molar-refractivity contribution >= 4 is 5.91 Å². The van der Waals surface area contributed by atoms with Gasteiger partial charge in [0.2, 0.25) is 0 Å². The van der Waals surface area contributed by atoms with E-state index in [1.54, 1.807) is 0 Å². The lowest BCUT2D eigenvalue weighted by atomic mass is 10.1. The molecule has 1 aromatic rings. The lowest BCUT2D eigenvalue weighted by Gasteiger charge is -2.14. The van der Waals surface area contributed by atoms with Gasteiger partial charge in [0.05, 0.1) is 0 Å². The molecule has 5 heteroatoms. The van der Waals surface area contributed by atoms with Gasteiger partial charge in [0.1, 0.15) is 5.69 Å². The van der Waals surface area contributed by atoms with E-state index in [1.165, 1.54) is 36.1 Å². The summed E-state index contributed by atoms with van der Waals surface area (Å²) in [7, 11) is 0. The van der Waals surface area contributed by atoms with E-state index in [0.29, 0.717) is 12.2 Å². The minimum atomic E-state index is -0.201. The minimum absolute atomic E-state index is 0.127. The first-order chi connectivity index (χ1) is 10.6. The first-order valence-corrected chi connectivity index (χ1v) is 8.47. The molecule has 1 unspecified atom stereocenters. The Kier molecular flexibility index (Phi) is 8.48. The van der Waals surface area contributed by atoms with Crippen LogP contribution in [0.3, 0.4) is 0 Å². The Morgan fingerprint density at radius 3 is 2.59 bits per heavy atom.